The molecule has 5 nitrogen and oxygen atoms in total. The van der Waals surface area contributed by atoms with Crippen LogP contribution in [-0.4, -0.2) is 30.9 Å². The highest BCUT2D eigenvalue weighted by Gasteiger charge is 2.24. The van der Waals surface area contributed by atoms with Gasteiger partial charge in [-0.3, -0.25) is 4.79 Å². The zero-order valence-electron chi connectivity index (χ0n) is 11.5. The number of hydrogen-bond donors (Lipinski definition) is 0. The van der Waals surface area contributed by atoms with Gasteiger partial charge in [0, 0.05) is 12.8 Å². The third-order valence-corrected chi connectivity index (χ3v) is 2.33. The summed E-state index contributed by atoms with van der Waals surface area (Å²) < 4.78 is 9.66. The molecule has 0 saturated carbocycles. The highest BCUT2D eigenvalue weighted by Crippen LogP contribution is 2.11. The highest BCUT2D eigenvalue weighted by atomic mass is 16.6. The molecule has 1 atom stereocenters. The second-order valence-electron chi connectivity index (χ2n) is 4.69. The van der Waals surface area contributed by atoms with Crippen molar-refractivity contribution in [1.82, 2.24) is 0 Å². The van der Waals surface area contributed by atoms with Gasteiger partial charge in [-0.25, -0.2) is 4.79 Å². The fourth-order valence-electron chi connectivity index (χ4n) is 1.45. The number of ether oxygens (including phenoxy) is 2. The van der Waals surface area contributed by atoms with Gasteiger partial charge in [0.05, 0.1) is 7.11 Å². The number of rotatable bonds is 8. The van der Waals surface area contributed by atoms with Crippen LogP contribution < -0.4 is 0 Å². The summed E-state index contributed by atoms with van der Waals surface area (Å²) in [4.78, 5) is 33.6. The molecule has 104 valence electrons. The average Bonchev–Trinajstić information content (AvgIpc) is 2.25. The summed E-state index contributed by atoms with van der Waals surface area (Å²) in [6, 6.07) is 0. The predicted octanol–water partition coefficient (Wildman–Crippen LogP) is 1.88. The van der Waals surface area contributed by atoms with Crippen LogP contribution in [0, 0.1) is 5.92 Å². The Kier molecular flexibility index (Phi) is 8.00. The largest absolute Gasteiger partial charge is 0.466 e. The lowest BCUT2D eigenvalue weighted by atomic mass is 10.1. The van der Waals surface area contributed by atoms with Crippen molar-refractivity contribution in [3.8, 4) is 0 Å². The van der Waals surface area contributed by atoms with Gasteiger partial charge < -0.3 is 14.3 Å². The zero-order chi connectivity index (χ0) is 14.1. The summed E-state index contributed by atoms with van der Waals surface area (Å²) >= 11 is 0. The molecule has 0 aliphatic heterocycles. The molecule has 18 heavy (non-hydrogen) atoms. The van der Waals surface area contributed by atoms with Crippen molar-refractivity contribution in [1.29, 1.82) is 0 Å². The predicted molar refractivity (Wildman–Crippen MR) is 65.9 cm³/mol. The van der Waals surface area contributed by atoms with Gasteiger partial charge in [0.2, 0.25) is 0 Å². The lowest BCUT2D eigenvalue weighted by molar-refractivity contribution is -0.167. The Morgan fingerprint density at radius 2 is 1.72 bits per heavy atom. The highest BCUT2D eigenvalue weighted by molar-refractivity contribution is 5.80. The fraction of sp³-hybridized carbons (Fsp3) is 0.769. The minimum absolute atomic E-state index is 0.0366. The van der Waals surface area contributed by atoms with Gasteiger partial charge in [-0.2, -0.15) is 0 Å². The minimum Gasteiger partial charge on any atom is -0.466 e. The summed E-state index contributed by atoms with van der Waals surface area (Å²) in [6.45, 7) is 5.33. The van der Waals surface area contributed by atoms with Gasteiger partial charge in [0.25, 0.3) is 0 Å². The van der Waals surface area contributed by atoms with Crippen molar-refractivity contribution in [2.45, 2.75) is 52.6 Å². The van der Waals surface area contributed by atoms with Crippen LogP contribution in [0.4, 0.5) is 0 Å². The summed E-state index contributed by atoms with van der Waals surface area (Å²) in [5.41, 5.74) is 0. The van der Waals surface area contributed by atoms with E-state index >= 15 is 0 Å². The summed E-state index contributed by atoms with van der Waals surface area (Å²) in [5.74, 6) is -0.746. The van der Waals surface area contributed by atoms with Crippen molar-refractivity contribution >= 4 is 17.7 Å². The molecule has 0 bridgehead atoms. The molecule has 0 heterocycles. The van der Waals surface area contributed by atoms with Gasteiger partial charge in [-0.15, -0.1) is 0 Å². The molecule has 0 radical (unpaired) electrons. The Balaban J connectivity index is 4.18. The Morgan fingerprint density at radius 1 is 1.11 bits per heavy atom. The van der Waals surface area contributed by atoms with Gasteiger partial charge >= 0.3 is 11.9 Å². The SMILES string of the molecule is COC(=O)[C@H](CC(C)C)OC(=O)CCCC(C)=O. The number of Topliss-reactive ketones (excluding diaryl/α,β-unsaturated/α-hetero) is 1. The van der Waals surface area contributed by atoms with E-state index in [0.717, 1.165) is 0 Å². The smallest absolute Gasteiger partial charge is 0.347 e. The maximum atomic E-state index is 11.5. The first-order valence-corrected chi connectivity index (χ1v) is 6.13. The number of carbonyl (C=O) groups is 3. The summed E-state index contributed by atoms with van der Waals surface area (Å²) in [6.07, 6.45) is 0.530. The van der Waals surface area contributed by atoms with E-state index in [0.29, 0.717) is 19.3 Å². The van der Waals surface area contributed by atoms with Crippen LogP contribution in [0.15, 0.2) is 0 Å². The number of hydrogen-bond acceptors (Lipinski definition) is 5. The van der Waals surface area contributed by atoms with Gasteiger partial charge in [-0.1, -0.05) is 13.8 Å². The van der Waals surface area contributed by atoms with E-state index in [1.807, 2.05) is 13.8 Å². The van der Waals surface area contributed by atoms with Crippen LogP contribution in [0.5, 0.6) is 0 Å². The van der Waals surface area contributed by atoms with Crippen LogP contribution in [-0.2, 0) is 23.9 Å². The number of carbonyl (C=O) groups excluding carboxylic acids is 3. The standard InChI is InChI=1S/C13H22O5/c1-9(2)8-11(13(16)17-4)18-12(15)7-5-6-10(3)14/h9,11H,5-8H2,1-4H3/t11-/m0/s1. The van der Waals surface area contributed by atoms with Crippen LogP contribution in [0.3, 0.4) is 0 Å². The van der Waals surface area contributed by atoms with Gasteiger partial charge in [0.1, 0.15) is 5.78 Å². The van der Waals surface area contributed by atoms with E-state index < -0.39 is 18.0 Å². The zero-order valence-corrected chi connectivity index (χ0v) is 11.5. The van der Waals surface area contributed by atoms with Crippen molar-refractivity contribution in [2.75, 3.05) is 7.11 Å². The number of esters is 2. The fourth-order valence-corrected chi connectivity index (χ4v) is 1.45. The van der Waals surface area contributed by atoms with Crippen LogP contribution in [0.2, 0.25) is 0 Å². The maximum absolute atomic E-state index is 11.5. The normalized spacial score (nSPS) is 12.1. The quantitative estimate of drug-likeness (QED) is 0.622. The molecule has 0 unspecified atom stereocenters. The molecule has 5 heteroatoms. The molecule has 0 N–H and O–H groups in total. The van der Waals surface area contributed by atoms with Gasteiger partial charge in [-0.05, 0) is 25.7 Å². The third kappa shape index (κ3) is 7.81. The number of methoxy groups -OCH3 is 1. The van der Waals surface area contributed by atoms with E-state index in [4.69, 9.17) is 4.74 Å². The second kappa shape index (κ2) is 8.66. The molecule has 0 fully saturated rings. The molecule has 0 aromatic rings. The molecule has 0 aliphatic carbocycles. The molecule has 0 saturated heterocycles. The first-order valence-electron chi connectivity index (χ1n) is 6.13. The Morgan fingerprint density at radius 3 is 2.17 bits per heavy atom. The van der Waals surface area contributed by atoms with Crippen LogP contribution in [0.25, 0.3) is 0 Å². The van der Waals surface area contributed by atoms with E-state index in [1.54, 1.807) is 0 Å². The van der Waals surface area contributed by atoms with E-state index in [9.17, 15) is 14.4 Å². The van der Waals surface area contributed by atoms with E-state index in [-0.39, 0.29) is 18.1 Å². The topological polar surface area (TPSA) is 69.7 Å². The van der Waals surface area contributed by atoms with Crippen molar-refractivity contribution < 1.29 is 23.9 Å². The lowest BCUT2D eigenvalue weighted by Gasteiger charge is -2.17. The van der Waals surface area contributed by atoms with Crippen LogP contribution >= 0.6 is 0 Å². The summed E-state index contributed by atoms with van der Waals surface area (Å²) in [5, 5.41) is 0. The molecular formula is C13H22O5. The van der Waals surface area contributed by atoms with Crippen molar-refractivity contribution in [3.05, 3.63) is 0 Å². The number of ketones is 1. The first kappa shape index (κ1) is 16.6. The Hall–Kier alpha value is -1.39. The molecule has 0 aromatic carbocycles. The third-order valence-electron chi connectivity index (χ3n) is 2.33. The minimum atomic E-state index is -0.847. The molecule has 0 rings (SSSR count). The van der Waals surface area contributed by atoms with Crippen LogP contribution in [0.1, 0.15) is 46.5 Å². The Bertz CT molecular complexity index is 296. The molecular weight excluding hydrogens is 236 g/mol. The molecule has 0 aromatic heterocycles. The lowest BCUT2D eigenvalue weighted by Crippen LogP contribution is -2.29. The second-order valence-corrected chi connectivity index (χ2v) is 4.69. The van der Waals surface area contributed by atoms with Gasteiger partial charge in [0.15, 0.2) is 6.10 Å². The molecule has 0 aliphatic rings. The summed E-state index contributed by atoms with van der Waals surface area (Å²) in [7, 11) is 1.26. The first-order chi connectivity index (χ1) is 8.36. The van der Waals surface area contributed by atoms with Crippen molar-refractivity contribution in [3.63, 3.8) is 0 Å². The van der Waals surface area contributed by atoms with E-state index in [1.165, 1.54) is 14.0 Å². The monoisotopic (exact) mass is 258 g/mol. The maximum Gasteiger partial charge on any atom is 0.347 e. The molecule has 0 amide bonds. The van der Waals surface area contributed by atoms with Crippen molar-refractivity contribution in [2.24, 2.45) is 5.92 Å². The Labute approximate surface area is 108 Å². The molecule has 0 spiro atoms. The van der Waals surface area contributed by atoms with E-state index in [2.05, 4.69) is 4.74 Å². The average molecular weight is 258 g/mol.